The zero-order valence-corrected chi connectivity index (χ0v) is 45.5. The molecule has 15 nitrogen and oxygen atoms in total. The van der Waals surface area contributed by atoms with E-state index in [9.17, 15) is 44.1 Å². The number of benzene rings is 2. The maximum atomic E-state index is 18.2. The number of carbonyl (C=O) groups excluding carboxylic acids is 5. The second-order valence-corrected chi connectivity index (χ2v) is 24.2. The number of hydrogen-bond acceptors (Lipinski definition) is 12. The first-order valence-corrected chi connectivity index (χ1v) is 27.7. The molecule has 0 aromatic heterocycles. The summed E-state index contributed by atoms with van der Waals surface area (Å²) in [6, 6.07) is 12.3. The Morgan fingerprint density at radius 2 is 1.65 bits per heavy atom. The number of carbonyl (C=O) groups is 6. The molecular weight excluding hydrogens is 1010 g/mol. The van der Waals surface area contributed by atoms with E-state index in [2.05, 4.69) is 28.2 Å². The number of fused-ring (bicyclic) bond motifs is 7. The van der Waals surface area contributed by atoms with E-state index in [4.69, 9.17) is 9.47 Å². The lowest BCUT2D eigenvalue weighted by Gasteiger charge is -2.67. The van der Waals surface area contributed by atoms with Crippen LogP contribution < -0.4 is 21.3 Å². The van der Waals surface area contributed by atoms with E-state index in [0.717, 1.165) is 34.6 Å². The normalized spacial score (nSPS) is 32.6. The van der Waals surface area contributed by atoms with Gasteiger partial charge in [0.25, 0.3) is 0 Å². The molecule has 14 atom stereocenters. The molecule has 2 aromatic rings. The maximum absolute atomic E-state index is 18.2. The van der Waals surface area contributed by atoms with Crippen molar-refractivity contribution >= 4 is 64.6 Å². The number of halogens is 2. The smallest absolute Gasteiger partial charge is 0.305 e. The Morgan fingerprint density at radius 3 is 2.32 bits per heavy atom. The highest BCUT2D eigenvalue weighted by Gasteiger charge is 2.83. The lowest BCUT2D eigenvalue weighted by molar-refractivity contribution is -0.263. The predicted octanol–water partition coefficient (Wildman–Crippen LogP) is 7.86. The van der Waals surface area contributed by atoms with Gasteiger partial charge in [0.15, 0.2) is 23.3 Å². The average molecular weight is 1080 g/mol. The topological polar surface area (TPSA) is 230 Å². The summed E-state index contributed by atoms with van der Waals surface area (Å²) in [7, 11) is 0. The third kappa shape index (κ3) is 10.9. The van der Waals surface area contributed by atoms with Crippen molar-refractivity contribution in [1.82, 2.24) is 16.0 Å². The molecule has 1 aliphatic heterocycles. The predicted molar refractivity (Wildman–Crippen MR) is 282 cm³/mol. The van der Waals surface area contributed by atoms with Crippen molar-refractivity contribution in [1.29, 1.82) is 0 Å². The molecule has 4 fully saturated rings. The van der Waals surface area contributed by atoms with E-state index in [1.54, 1.807) is 62.4 Å². The molecule has 2 unspecified atom stereocenters. The van der Waals surface area contributed by atoms with Gasteiger partial charge in [-0.05, 0) is 100 Å². The number of anilines is 1. The molecule has 4 amide bonds. The molecule has 2 aromatic carbocycles. The monoisotopic (exact) mass is 1080 g/mol. The minimum atomic E-state index is -2.28. The largest absolute Gasteiger partial charge is 0.481 e. The molecule has 0 radical (unpaired) electrons. The van der Waals surface area contributed by atoms with Crippen LogP contribution in [-0.2, 0) is 38.2 Å². The van der Waals surface area contributed by atoms with Crippen LogP contribution in [0.15, 0.2) is 93.8 Å². The third-order valence-corrected chi connectivity index (χ3v) is 19.2. The Hall–Kier alpha value is -4.92. The Balaban J connectivity index is 0.928. The van der Waals surface area contributed by atoms with Crippen molar-refractivity contribution in [2.45, 2.75) is 175 Å². The summed E-state index contributed by atoms with van der Waals surface area (Å²) in [6.45, 7) is 13.1. The average Bonchev–Trinajstić information content (AvgIpc) is 3.86. The molecule has 1 saturated heterocycles. The van der Waals surface area contributed by atoms with Crippen molar-refractivity contribution < 1.29 is 62.3 Å². The number of allylic oxidation sites excluding steroid dienone is 6. The number of ketones is 1. The molecule has 0 spiro atoms. The number of nitrogens with one attached hydrogen (secondary N) is 4. The van der Waals surface area contributed by atoms with E-state index in [-0.39, 0.29) is 49.5 Å². The first-order valence-electron chi connectivity index (χ1n) is 25.9. The summed E-state index contributed by atoms with van der Waals surface area (Å²) in [5, 5.41) is 41.7. The summed E-state index contributed by atoms with van der Waals surface area (Å²) in [6.07, 6.45) is 3.89. The molecule has 4 aliphatic carbocycles. The summed E-state index contributed by atoms with van der Waals surface area (Å²) >= 11 is 2.69. The highest BCUT2D eigenvalue weighted by atomic mass is 32.2. The Bertz CT molecular complexity index is 2620. The zero-order chi connectivity index (χ0) is 54.8. The van der Waals surface area contributed by atoms with Crippen LogP contribution in [0.2, 0.25) is 0 Å². The second-order valence-electron chi connectivity index (χ2n) is 21.4. The van der Waals surface area contributed by atoms with Crippen LogP contribution in [0.25, 0.3) is 0 Å². The van der Waals surface area contributed by atoms with E-state index in [1.165, 1.54) is 37.4 Å². The number of ether oxygens (including phenoxy) is 2. The van der Waals surface area contributed by atoms with Gasteiger partial charge in [0, 0.05) is 56.0 Å². The van der Waals surface area contributed by atoms with E-state index in [1.807, 2.05) is 45.0 Å². The number of carboxylic acid groups (broad SMARTS) is 1. The van der Waals surface area contributed by atoms with E-state index < -0.39 is 117 Å². The van der Waals surface area contributed by atoms with Gasteiger partial charge in [-0.1, -0.05) is 94.8 Å². The van der Waals surface area contributed by atoms with Gasteiger partial charge >= 0.3 is 5.97 Å². The van der Waals surface area contributed by atoms with Crippen LogP contribution >= 0.6 is 23.5 Å². The van der Waals surface area contributed by atoms with Crippen molar-refractivity contribution in [2.24, 2.45) is 22.2 Å². The number of amides is 4. The maximum Gasteiger partial charge on any atom is 0.305 e. The van der Waals surface area contributed by atoms with Crippen LogP contribution in [0, 0.1) is 22.2 Å². The lowest BCUT2D eigenvalue weighted by Crippen LogP contribution is -2.73. The highest BCUT2D eigenvalue weighted by molar-refractivity contribution is 8.01. The molecule has 75 heavy (non-hydrogen) atoms. The number of hydrogen-bond donors (Lipinski definition) is 7. The molecule has 7 N–H and O–H groups in total. The number of carboxylic acids is 1. The molecule has 19 heteroatoms. The van der Waals surface area contributed by atoms with E-state index in [0.29, 0.717) is 11.3 Å². The Morgan fingerprint density at radius 1 is 0.947 bits per heavy atom. The third-order valence-electron chi connectivity index (χ3n) is 16.8. The zero-order valence-electron chi connectivity index (χ0n) is 43.9. The van der Waals surface area contributed by atoms with E-state index >= 15 is 8.78 Å². The number of aliphatic hydroxyl groups is 2. The summed E-state index contributed by atoms with van der Waals surface area (Å²) in [5.41, 5.74) is -5.78. The molecule has 0 bridgehead atoms. The fourth-order valence-corrected chi connectivity index (χ4v) is 14.6. The molecule has 408 valence electrons. The SMILES string of the molecule is C/C=C1\C=C[C@@]2(C)C(=C1)[C@@H](F)C[C@@H]1[C@]2(F)[C@@H](O)C[C@@]2(C)[C@@]1(C)C[C@H]1O[C@@H](c3ccc(Sc4cccc(NC(=O)[C@H](C)NC(=O)[C@H](C)NC(=O)CCNC(=O)C(CC(=O)O)SC(C)CCCC)c4)cc3)O[C@]12C(=O)CO. The Kier molecular flexibility index (Phi) is 17.7. The van der Waals surface area contributed by atoms with Crippen molar-refractivity contribution in [2.75, 3.05) is 18.5 Å². The van der Waals surface area contributed by atoms with Crippen molar-refractivity contribution in [3.8, 4) is 0 Å². The van der Waals surface area contributed by atoms with Crippen molar-refractivity contribution in [3.05, 3.63) is 89.5 Å². The van der Waals surface area contributed by atoms with Gasteiger partial charge in [-0.25, -0.2) is 8.78 Å². The quantitative estimate of drug-likeness (QED) is 0.0633. The minimum Gasteiger partial charge on any atom is -0.481 e. The summed E-state index contributed by atoms with van der Waals surface area (Å²) in [5.74, 6) is -4.88. The van der Waals surface area contributed by atoms with Crippen LogP contribution in [-0.4, -0.2) is 116 Å². The van der Waals surface area contributed by atoms with Crippen LogP contribution in [0.5, 0.6) is 0 Å². The highest BCUT2D eigenvalue weighted by Crippen LogP contribution is 2.77. The number of Topliss-reactive ketones (excluding diaryl/α,β-unsaturated/α-hetero) is 1. The van der Waals surface area contributed by atoms with Gasteiger partial charge in [-0.2, -0.15) is 0 Å². The summed E-state index contributed by atoms with van der Waals surface area (Å²) < 4.78 is 48.0. The van der Waals surface area contributed by atoms with Gasteiger partial charge in [0.2, 0.25) is 23.6 Å². The summed E-state index contributed by atoms with van der Waals surface area (Å²) in [4.78, 5) is 78.8. The fourth-order valence-electron chi connectivity index (χ4n) is 12.5. The molecule has 3 saturated carbocycles. The van der Waals surface area contributed by atoms with Crippen LogP contribution in [0.1, 0.15) is 119 Å². The van der Waals surface area contributed by atoms with Crippen LogP contribution in [0.3, 0.4) is 0 Å². The first kappa shape index (κ1) is 57.8. The minimum absolute atomic E-state index is 0.0558. The Labute approximate surface area is 446 Å². The number of aliphatic carboxylic acids is 1. The number of rotatable bonds is 21. The fraction of sp³-hybridized carbons (Fsp3) is 0.571. The van der Waals surface area contributed by atoms with Gasteiger partial charge in [-0.3, -0.25) is 28.8 Å². The molecule has 5 aliphatic rings. The van der Waals surface area contributed by atoms with Gasteiger partial charge in [-0.15, -0.1) is 11.8 Å². The molecule has 7 rings (SSSR count). The second kappa shape index (κ2) is 23.0. The van der Waals surface area contributed by atoms with Gasteiger partial charge in [0.05, 0.1) is 23.9 Å². The van der Waals surface area contributed by atoms with Crippen LogP contribution in [0.4, 0.5) is 14.5 Å². The van der Waals surface area contributed by atoms with Crippen molar-refractivity contribution in [3.63, 3.8) is 0 Å². The number of aliphatic hydroxyl groups excluding tert-OH is 2. The standard InChI is InChI=1S/C56H72F2N4O11S2/c1-9-11-13-31(3)74-41(27-47(67)68)50(71)59-23-21-46(66)60-32(4)48(69)61-33(5)49(70)62-36-14-12-15-38(25-36)75-37-18-16-35(17-19-37)51-72-45-29-53(7)42-26-40(57)39-24-34(10-2)20-22-52(39,6)55(42,58)43(64)28-54(53,8)56(45,73-51)44(65)30-63/h10,12,14-20,22,24-25,31-33,40-43,45,51,63-64H,9,11,13,21,23,26-30H2,1-8H3,(H,59,71)(H,60,66)(H,61,69)(H,62,70)(H,67,68)/b34-10+/t31?,32-,33-,40-,41?,42-,43-,45+,51+,52-,53-,54-,55-,56+/m0/s1. The van der Waals surface area contributed by atoms with Gasteiger partial charge in [0.1, 0.15) is 24.9 Å². The molecular formula is C56H72F2N4O11S2. The number of thioether (sulfide) groups is 1. The first-order chi connectivity index (χ1) is 35.4. The number of alkyl halides is 2. The lowest BCUT2D eigenvalue weighted by atomic mass is 9.39. The van der Waals surface area contributed by atoms with Gasteiger partial charge < -0.3 is 46.1 Å². The number of unbranched alkanes of at least 4 members (excludes halogenated alkanes) is 1. The molecule has 1 heterocycles.